The van der Waals surface area contributed by atoms with Crippen LogP contribution < -0.4 is 10.6 Å². The number of hydrogen-bond donors (Lipinski definition) is 3. The summed E-state index contributed by atoms with van der Waals surface area (Å²) in [6, 6.07) is 20.5. The number of aryl methyl sites for hydroxylation is 1. The van der Waals surface area contributed by atoms with E-state index < -0.39 is 0 Å². The Morgan fingerprint density at radius 2 is 1.70 bits per heavy atom. The van der Waals surface area contributed by atoms with Gasteiger partial charge in [-0.2, -0.15) is 0 Å². The summed E-state index contributed by atoms with van der Waals surface area (Å²) in [6.45, 7) is 11.8. The third-order valence-electron chi connectivity index (χ3n) is 5.77. The Balaban J connectivity index is 1.51. The molecule has 0 radical (unpaired) electrons. The molecule has 1 aliphatic heterocycles. The zero-order valence-corrected chi connectivity index (χ0v) is 19.6. The number of fused-ring (bicyclic) bond motifs is 1. The van der Waals surface area contributed by atoms with Gasteiger partial charge >= 0.3 is 0 Å². The first-order valence-corrected chi connectivity index (χ1v) is 11.1. The molecule has 0 fully saturated rings. The monoisotopic (exact) mass is 437 g/mol. The Morgan fingerprint density at radius 3 is 2.45 bits per heavy atom. The van der Waals surface area contributed by atoms with Crippen LogP contribution in [-0.2, 0) is 13.1 Å². The van der Waals surface area contributed by atoms with Crippen LogP contribution in [0.5, 0.6) is 5.75 Å². The van der Waals surface area contributed by atoms with E-state index in [1.807, 2.05) is 36.5 Å². The molecular formula is C29H31N3O. The molecule has 168 valence electrons. The molecule has 0 saturated carbocycles. The standard InChI is InChI=1S/C29H31N3O/c1-19-9-11-25-20(2)31-21(3)28(27(25)13-19)17-30-16-22-10-12-26(29(33)15-22)24-8-6-7-23(14-24)18-32(4)5/h6-15,17,30-31,33H,2-3,16,18H2,1,4-5H3/b28-17+. The van der Waals surface area contributed by atoms with Gasteiger partial charge in [0, 0.05) is 47.4 Å². The maximum absolute atomic E-state index is 10.7. The highest BCUT2D eigenvalue weighted by atomic mass is 16.3. The van der Waals surface area contributed by atoms with Gasteiger partial charge in [-0.3, -0.25) is 0 Å². The van der Waals surface area contributed by atoms with Gasteiger partial charge in [0.1, 0.15) is 5.75 Å². The molecule has 3 N–H and O–H groups in total. The van der Waals surface area contributed by atoms with Crippen LogP contribution >= 0.6 is 0 Å². The Labute approximate surface area is 196 Å². The van der Waals surface area contributed by atoms with E-state index in [1.54, 1.807) is 0 Å². The van der Waals surface area contributed by atoms with Crippen molar-refractivity contribution in [1.82, 2.24) is 15.5 Å². The van der Waals surface area contributed by atoms with Gasteiger partial charge < -0.3 is 20.6 Å². The Kier molecular flexibility index (Phi) is 6.38. The largest absolute Gasteiger partial charge is 0.507 e. The molecule has 0 bridgehead atoms. The van der Waals surface area contributed by atoms with Crippen molar-refractivity contribution >= 4 is 11.3 Å². The fraction of sp³-hybridized carbons (Fsp3) is 0.172. The fourth-order valence-electron chi connectivity index (χ4n) is 4.19. The van der Waals surface area contributed by atoms with Gasteiger partial charge in [0.05, 0.1) is 0 Å². The summed E-state index contributed by atoms with van der Waals surface area (Å²) in [7, 11) is 4.10. The molecule has 4 nitrogen and oxygen atoms in total. The zero-order valence-electron chi connectivity index (χ0n) is 19.6. The van der Waals surface area contributed by atoms with E-state index >= 15 is 0 Å². The topological polar surface area (TPSA) is 47.5 Å². The van der Waals surface area contributed by atoms with Crippen molar-refractivity contribution in [2.24, 2.45) is 0 Å². The van der Waals surface area contributed by atoms with E-state index in [2.05, 4.69) is 80.0 Å². The van der Waals surface area contributed by atoms with Crippen molar-refractivity contribution in [1.29, 1.82) is 0 Å². The number of phenolic OH excluding ortho intramolecular Hbond substituents is 1. The van der Waals surface area contributed by atoms with Gasteiger partial charge in [-0.05, 0) is 55.4 Å². The zero-order chi connectivity index (χ0) is 23.5. The minimum atomic E-state index is 0.282. The molecule has 0 amide bonds. The molecule has 4 rings (SSSR count). The average molecular weight is 438 g/mol. The highest BCUT2D eigenvalue weighted by Crippen LogP contribution is 2.34. The van der Waals surface area contributed by atoms with Gasteiger partial charge in [-0.1, -0.05) is 67.3 Å². The predicted molar refractivity (Wildman–Crippen MR) is 138 cm³/mol. The SMILES string of the molecule is C=C1NC(=C)c2ccc(C)cc2/C1=C/NCc1ccc(-c2cccc(CN(C)C)c2)c(O)c1. The quantitative estimate of drug-likeness (QED) is 0.467. The third-order valence-corrected chi connectivity index (χ3v) is 5.77. The number of benzene rings is 3. The van der Waals surface area contributed by atoms with Crippen molar-refractivity contribution < 1.29 is 5.11 Å². The smallest absolute Gasteiger partial charge is 0.123 e. The van der Waals surface area contributed by atoms with Crippen LogP contribution in [0.2, 0.25) is 0 Å². The van der Waals surface area contributed by atoms with E-state index in [0.717, 1.165) is 51.3 Å². The summed E-state index contributed by atoms with van der Waals surface area (Å²) in [6.07, 6.45) is 1.98. The van der Waals surface area contributed by atoms with E-state index in [-0.39, 0.29) is 5.75 Å². The summed E-state index contributed by atoms with van der Waals surface area (Å²) in [5.74, 6) is 0.282. The van der Waals surface area contributed by atoms with Crippen molar-refractivity contribution in [2.45, 2.75) is 20.0 Å². The molecule has 0 unspecified atom stereocenters. The second kappa shape index (κ2) is 9.39. The molecule has 4 heteroatoms. The highest BCUT2D eigenvalue weighted by Gasteiger charge is 2.19. The van der Waals surface area contributed by atoms with Crippen LogP contribution in [0, 0.1) is 6.92 Å². The first-order chi connectivity index (χ1) is 15.8. The summed E-state index contributed by atoms with van der Waals surface area (Å²) in [4.78, 5) is 2.13. The van der Waals surface area contributed by atoms with Crippen molar-refractivity contribution in [2.75, 3.05) is 14.1 Å². The van der Waals surface area contributed by atoms with E-state index in [0.29, 0.717) is 6.54 Å². The van der Waals surface area contributed by atoms with Crippen molar-refractivity contribution in [3.8, 4) is 16.9 Å². The molecule has 1 heterocycles. The van der Waals surface area contributed by atoms with E-state index in [9.17, 15) is 5.11 Å². The van der Waals surface area contributed by atoms with Gasteiger partial charge in [0.15, 0.2) is 0 Å². The molecule has 3 aromatic rings. The number of allylic oxidation sites excluding steroid dienone is 1. The van der Waals surface area contributed by atoms with Gasteiger partial charge in [0.2, 0.25) is 0 Å². The number of rotatable bonds is 6. The van der Waals surface area contributed by atoms with Crippen molar-refractivity contribution in [3.05, 3.63) is 114 Å². The number of nitrogens with one attached hydrogen (secondary N) is 2. The lowest BCUT2D eigenvalue weighted by atomic mass is 9.91. The summed E-state index contributed by atoms with van der Waals surface area (Å²) in [5.41, 5.74) is 10.2. The minimum absolute atomic E-state index is 0.282. The van der Waals surface area contributed by atoms with Crippen molar-refractivity contribution in [3.63, 3.8) is 0 Å². The normalized spacial score (nSPS) is 14.4. The van der Waals surface area contributed by atoms with Gasteiger partial charge in [0.25, 0.3) is 0 Å². The molecule has 0 aliphatic carbocycles. The minimum Gasteiger partial charge on any atom is -0.507 e. The second-order valence-corrected chi connectivity index (χ2v) is 8.86. The number of aromatic hydroxyl groups is 1. The summed E-state index contributed by atoms with van der Waals surface area (Å²) >= 11 is 0. The molecule has 0 saturated heterocycles. The fourth-order valence-corrected chi connectivity index (χ4v) is 4.19. The maximum atomic E-state index is 10.7. The number of phenols is 1. The van der Waals surface area contributed by atoms with E-state index in [4.69, 9.17) is 0 Å². The summed E-state index contributed by atoms with van der Waals surface area (Å²) in [5, 5.41) is 17.4. The molecule has 0 atom stereocenters. The summed E-state index contributed by atoms with van der Waals surface area (Å²) < 4.78 is 0. The molecule has 3 aromatic carbocycles. The number of hydrogen-bond acceptors (Lipinski definition) is 4. The van der Waals surface area contributed by atoms with Crippen LogP contribution in [0.3, 0.4) is 0 Å². The first kappa shape index (κ1) is 22.4. The molecule has 1 aliphatic rings. The molecule has 0 spiro atoms. The molecule has 33 heavy (non-hydrogen) atoms. The Hall–Kier alpha value is -3.76. The molecule has 0 aromatic heterocycles. The average Bonchev–Trinajstić information content (AvgIpc) is 2.75. The predicted octanol–water partition coefficient (Wildman–Crippen LogP) is 5.65. The van der Waals surface area contributed by atoms with Crippen LogP contribution in [-0.4, -0.2) is 24.1 Å². The Morgan fingerprint density at radius 1 is 0.909 bits per heavy atom. The van der Waals surface area contributed by atoms with Crippen LogP contribution in [0.1, 0.15) is 27.8 Å². The van der Waals surface area contributed by atoms with Gasteiger partial charge in [-0.25, -0.2) is 0 Å². The first-order valence-electron chi connectivity index (χ1n) is 11.1. The number of nitrogens with zero attached hydrogens (tertiary/aromatic N) is 1. The lowest BCUT2D eigenvalue weighted by molar-refractivity contribution is 0.402. The second-order valence-electron chi connectivity index (χ2n) is 8.86. The Bertz CT molecular complexity index is 1250. The molecular weight excluding hydrogens is 406 g/mol. The third kappa shape index (κ3) is 5.02. The van der Waals surface area contributed by atoms with Gasteiger partial charge in [-0.15, -0.1) is 0 Å². The maximum Gasteiger partial charge on any atom is 0.123 e. The highest BCUT2D eigenvalue weighted by molar-refractivity contribution is 5.91. The lowest BCUT2D eigenvalue weighted by Gasteiger charge is -2.25. The van der Waals surface area contributed by atoms with E-state index in [1.165, 1.54) is 11.1 Å². The van der Waals surface area contributed by atoms with Crippen LogP contribution in [0.15, 0.2) is 85.7 Å². The lowest BCUT2D eigenvalue weighted by Crippen LogP contribution is -2.20. The van der Waals surface area contributed by atoms with Crippen LogP contribution in [0.25, 0.3) is 22.4 Å². The van der Waals surface area contributed by atoms with Crippen LogP contribution in [0.4, 0.5) is 0 Å².